The molecule has 1 fully saturated rings. The molecule has 2 unspecified atom stereocenters. The Bertz CT molecular complexity index is 402. The zero-order valence-electron chi connectivity index (χ0n) is 13.6. The predicted octanol–water partition coefficient (Wildman–Crippen LogP) is 3.44. The van der Waals surface area contributed by atoms with Gasteiger partial charge in [-0.1, -0.05) is 38.3 Å². The Balaban J connectivity index is 2.04. The van der Waals surface area contributed by atoms with Crippen molar-refractivity contribution in [3.05, 3.63) is 11.7 Å². The lowest BCUT2D eigenvalue weighted by Gasteiger charge is -2.27. The molecule has 0 aromatic carbocycles. The molecule has 0 spiro atoms. The zero-order chi connectivity index (χ0) is 15.1. The Morgan fingerprint density at radius 1 is 1.29 bits per heavy atom. The van der Waals surface area contributed by atoms with Crippen LogP contribution in [0.5, 0.6) is 0 Å². The van der Waals surface area contributed by atoms with Crippen LogP contribution >= 0.6 is 0 Å². The molecule has 1 heterocycles. The quantitative estimate of drug-likeness (QED) is 0.796. The van der Waals surface area contributed by atoms with Gasteiger partial charge in [-0.25, -0.2) is 0 Å². The Morgan fingerprint density at radius 2 is 2.05 bits per heavy atom. The summed E-state index contributed by atoms with van der Waals surface area (Å²) in [6.07, 6.45) is 6.33. The standard InChI is InChI=1S/C16H29N3O2/c1-4-17-11-12(3)16-18-15(19-21-16)14(20-5-2)13-9-7-6-8-10-13/h12-14,17H,4-11H2,1-3H3. The van der Waals surface area contributed by atoms with Gasteiger partial charge in [0.05, 0.1) is 0 Å². The summed E-state index contributed by atoms with van der Waals surface area (Å²) in [4.78, 5) is 4.61. The molecular weight excluding hydrogens is 266 g/mol. The van der Waals surface area contributed by atoms with Crippen LogP contribution in [0.3, 0.4) is 0 Å². The van der Waals surface area contributed by atoms with E-state index in [4.69, 9.17) is 9.26 Å². The molecule has 2 rings (SSSR count). The fraction of sp³-hybridized carbons (Fsp3) is 0.875. The molecule has 1 saturated carbocycles. The fourth-order valence-electron chi connectivity index (χ4n) is 3.05. The Kier molecular flexibility index (Phi) is 6.64. The van der Waals surface area contributed by atoms with Crippen LogP contribution in [0, 0.1) is 5.92 Å². The summed E-state index contributed by atoms with van der Waals surface area (Å²) >= 11 is 0. The normalized spacial score (nSPS) is 19.6. The van der Waals surface area contributed by atoms with Gasteiger partial charge in [0.25, 0.3) is 0 Å². The topological polar surface area (TPSA) is 60.2 Å². The molecule has 0 aliphatic heterocycles. The smallest absolute Gasteiger partial charge is 0.230 e. The molecule has 5 nitrogen and oxygen atoms in total. The highest BCUT2D eigenvalue weighted by Crippen LogP contribution is 2.36. The number of nitrogens with one attached hydrogen (secondary N) is 1. The van der Waals surface area contributed by atoms with Gasteiger partial charge in [0.2, 0.25) is 11.7 Å². The maximum Gasteiger partial charge on any atom is 0.230 e. The third-order valence-electron chi connectivity index (χ3n) is 4.26. The van der Waals surface area contributed by atoms with E-state index >= 15 is 0 Å². The molecule has 1 aromatic heterocycles. The predicted molar refractivity (Wildman–Crippen MR) is 82.2 cm³/mol. The number of ether oxygens (including phenoxy) is 1. The highest BCUT2D eigenvalue weighted by atomic mass is 16.5. The van der Waals surface area contributed by atoms with E-state index in [0.717, 1.165) is 18.9 Å². The van der Waals surface area contributed by atoms with Gasteiger partial charge >= 0.3 is 0 Å². The number of hydrogen-bond acceptors (Lipinski definition) is 5. The van der Waals surface area contributed by atoms with E-state index in [0.29, 0.717) is 18.4 Å². The third kappa shape index (κ3) is 4.51. The maximum atomic E-state index is 5.94. The Labute approximate surface area is 127 Å². The number of rotatable bonds is 8. The highest BCUT2D eigenvalue weighted by molar-refractivity contribution is 4.98. The van der Waals surface area contributed by atoms with E-state index in [1.807, 2.05) is 6.92 Å². The first-order valence-electron chi connectivity index (χ1n) is 8.42. The second kappa shape index (κ2) is 8.49. The summed E-state index contributed by atoms with van der Waals surface area (Å²) in [5, 5.41) is 7.52. The molecule has 1 aromatic rings. The minimum Gasteiger partial charge on any atom is -0.370 e. The third-order valence-corrected chi connectivity index (χ3v) is 4.26. The van der Waals surface area contributed by atoms with Crippen molar-refractivity contribution in [2.24, 2.45) is 5.92 Å². The summed E-state index contributed by atoms with van der Waals surface area (Å²) in [5.41, 5.74) is 0. The minimum atomic E-state index is -0.000802. The first-order chi connectivity index (χ1) is 10.3. The molecular formula is C16H29N3O2. The number of nitrogens with zero attached hydrogens (tertiary/aromatic N) is 2. The number of likely N-dealkylation sites (N-methyl/N-ethyl adjacent to an activating group) is 1. The van der Waals surface area contributed by atoms with E-state index < -0.39 is 0 Å². The maximum absolute atomic E-state index is 5.94. The van der Waals surface area contributed by atoms with Crippen LogP contribution in [0.25, 0.3) is 0 Å². The van der Waals surface area contributed by atoms with E-state index in [-0.39, 0.29) is 12.0 Å². The SMILES string of the molecule is CCNCC(C)c1nc(C(OCC)C2CCCCC2)no1. The zero-order valence-corrected chi connectivity index (χ0v) is 13.6. The van der Waals surface area contributed by atoms with Crippen molar-refractivity contribution < 1.29 is 9.26 Å². The van der Waals surface area contributed by atoms with Gasteiger partial charge in [-0.3, -0.25) is 0 Å². The van der Waals surface area contributed by atoms with Crippen molar-refractivity contribution in [3.63, 3.8) is 0 Å². The van der Waals surface area contributed by atoms with Crippen molar-refractivity contribution in [1.82, 2.24) is 15.5 Å². The number of hydrogen-bond donors (Lipinski definition) is 1. The summed E-state index contributed by atoms with van der Waals surface area (Å²) < 4.78 is 11.4. The molecule has 5 heteroatoms. The molecule has 0 amide bonds. The second-order valence-electron chi connectivity index (χ2n) is 5.97. The van der Waals surface area contributed by atoms with E-state index in [1.54, 1.807) is 0 Å². The lowest BCUT2D eigenvalue weighted by atomic mass is 9.85. The van der Waals surface area contributed by atoms with Gasteiger partial charge in [0.1, 0.15) is 6.10 Å². The first-order valence-corrected chi connectivity index (χ1v) is 8.42. The Morgan fingerprint density at radius 3 is 2.71 bits per heavy atom. The van der Waals surface area contributed by atoms with E-state index in [2.05, 4.69) is 29.3 Å². The van der Waals surface area contributed by atoms with Crippen molar-refractivity contribution in [3.8, 4) is 0 Å². The lowest BCUT2D eigenvalue weighted by molar-refractivity contribution is -0.00145. The molecule has 1 aliphatic rings. The largest absolute Gasteiger partial charge is 0.370 e. The molecule has 1 aliphatic carbocycles. The van der Waals surface area contributed by atoms with Crippen LogP contribution in [0.4, 0.5) is 0 Å². The van der Waals surface area contributed by atoms with Crippen LogP contribution in [0.1, 0.15) is 76.6 Å². The highest BCUT2D eigenvalue weighted by Gasteiger charge is 2.30. The Hall–Kier alpha value is -0.940. The van der Waals surface area contributed by atoms with Crippen LogP contribution in [-0.2, 0) is 4.74 Å². The van der Waals surface area contributed by atoms with Crippen LogP contribution in [-0.4, -0.2) is 29.8 Å². The van der Waals surface area contributed by atoms with Crippen molar-refractivity contribution in [1.29, 1.82) is 0 Å². The van der Waals surface area contributed by atoms with Crippen LogP contribution in [0.15, 0.2) is 4.52 Å². The molecule has 0 radical (unpaired) electrons. The molecule has 0 bridgehead atoms. The van der Waals surface area contributed by atoms with Crippen LogP contribution < -0.4 is 5.32 Å². The van der Waals surface area contributed by atoms with E-state index in [1.165, 1.54) is 32.1 Å². The molecule has 1 N–H and O–H groups in total. The van der Waals surface area contributed by atoms with Gasteiger partial charge in [0.15, 0.2) is 0 Å². The summed E-state index contributed by atoms with van der Waals surface area (Å²) in [6.45, 7) is 8.74. The average molecular weight is 295 g/mol. The molecule has 2 atom stereocenters. The minimum absolute atomic E-state index is 0.000802. The summed E-state index contributed by atoms with van der Waals surface area (Å²) in [6, 6.07) is 0. The molecule has 120 valence electrons. The second-order valence-corrected chi connectivity index (χ2v) is 5.97. The summed E-state index contributed by atoms with van der Waals surface area (Å²) in [7, 11) is 0. The first kappa shape index (κ1) is 16.4. The van der Waals surface area contributed by atoms with Gasteiger partial charge in [-0.05, 0) is 32.2 Å². The molecule has 21 heavy (non-hydrogen) atoms. The van der Waals surface area contributed by atoms with Crippen molar-refractivity contribution >= 4 is 0 Å². The van der Waals surface area contributed by atoms with Crippen LogP contribution in [0.2, 0.25) is 0 Å². The summed E-state index contributed by atoms with van der Waals surface area (Å²) in [5.74, 6) is 2.22. The van der Waals surface area contributed by atoms with Gasteiger partial charge in [-0.15, -0.1) is 0 Å². The number of aromatic nitrogens is 2. The lowest BCUT2D eigenvalue weighted by Crippen LogP contribution is -2.21. The fourth-order valence-corrected chi connectivity index (χ4v) is 3.05. The van der Waals surface area contributed by atoms with Crippen molar-refractivity contribution in [2.75, 3.05) is 19.7 Å². The van der Waals surface area contributed by atoms with Gasteiger partial charge < -0.3 is 14.6 Å². The van der Waals surface area contributed by atoms with E-state index in [9.17, 15) is 0 Å². The average Bonchev–Trinajstić information content (AvgIpc) is 3.00. The van der Waals surface area contributed by atoms with Crippen molar-refractivity contribution in [2.45, 2.75) is 64.9 Å². The monoisotopic (exact) mass is 295 g/mol. The van der Waals surface area contributed by atoms with Gasteiger partial charge in [-0.2, -0.15) is 4.98 Å². The van der Waals surface area contributed by atoms with Gasteiger partial charge in [0, 0.05) is 19.1 Å². The molecule has 0 saturated heterocycles.